The van der Waals surface area contributed by atoms with Crippen molar-refractivity contribution in [2.75, 3.05) is 34.9 Å². The molecular weight excluding hydrogens is 236 g/mol. The predicted octanol–water partition coefficient (Wildman–Crippen LogP) is -0.955. The first-order valence-electron chi connectivity index (χ1n) is 4.24. The van der Waals surface area contributed by atoms with Crippen molar-refractivity contribution in [3.63, 3.8) is 0 Å². The highest BCUT2D eigenvalue weighted by Crippen LogP contribution is 1.84. The van der Waals surface area contributed by atoms with Gasteiger partial charge in [-0.25, -0.2) is 8.42 Å². The first-order chi connectivity index (χ1) is 7.02. The van der Waals surface area contributed by atoms with Gasteiger partial charge < -0.3 is 14.4 Å². The van der Waals surface area contributed by atoms with Gasteiger partial charge in [0, 0.05) is 0 Å². The van der Waals surface area contributed by atoms with Gasteiger partial charge in [0.05, 0.1) is 28.3 Å². The van der Waals surface area contributed by atoms with Gasteiger partial charge in [-0.05, 0) is 6.08 Å². The number of hydrogen-bond donors (Lipinski definition) is 1. The predicted molar refractivity (Wildman–Crippen MR) is 57.9 cm³/mol. The van der Waals surface area contributed by atoms with Gasteiger partial charge in [-0.3, -0.25) is 8.98 Å². The Bertz CT molecular complexity index is 318. The van der Waals surface area contributed by atoms with Crippen LogP contribution in [0.2, 0.25) is 0 Å². The van der Waals surface area contributed by atoms with Crippen molar-refractivity contribution in [1.82, 2.24) is 5.32 Å². The molecule has 0 atom stereocenters. The Morgan fingerprint density at radius 3 is 2.06 bits per heavy atom. The van der Waals surface area contributed by atoms with E-state index in [4.69, 9.17) is 0 Å². The third kappa shape index (κ3) is 18.8. The van der Waals surface area contributed by atoms with E-state index in [0.717, 1.165) is 11.6 Å². The van der Waals surface area contributed by atoms with E-state index in [2.05, 4.69) is 16.1 Å². The summed E-state index contributed by atoms with van der Waals surface area (Å²) in [5, 5.41) is 2.69. The number of hydrogen-bond acceptors (Lipinski definition) is 5. The summed E-state index contributed by atoms with van der Waals surface area (Å²) in [5.41, 5.74) is 0. The van der Waals surface area contributed by atoms with Crippen molar-refractivity contribution in [2.24, 2.45) is 0 Å². The van der Waals surface area contributed by atoms with Crippen LogP contribution in [0, 0.1) is 0 Å². The molecule has 0 radical (unpaired) electrons. The lowest BCUT2D eigenvalue weighted by molar-refractivity contribution is -0.872. The number of carbonyl (C=O) groups is 1. The Kier molecular flexibility index (Phi) is 7.99. The lowest BCUT2D eigenvalue weighted by atomic mass is 10.6. The standard InChI is InChI=1S/C7H14N2O.CH4O4S/c1-5-7(10)8-6-9(2,3)4;1-5-6(2,3)4/h5H,1,6H2,2-4H3;1H3,(H,2,3,4). The maximum Gasteiger partial charge on any atom is 0.247 e. The van der Waals surface area contributed by atoms with E-state index in [-0.39, 0.29) is 5.91 Å². The molecule has 8 heteroatoms. The molecule has 0 saturated carbocycles. The zero-order chi connectivity index (χ0) is 13.4. The van der Waals surface area contributed by atoms with E-state index in [1.165, 1.54) is 6.08 Å². The first kappa shape index (κ1) is 17.4. The zero-order valence-electron chi connectivity index (χ0n) is 9.89. The Morgan fingerprint density at radius 1 is 1.50 bits per heavy atom. The molecule has 0 aliphatic rings. The summed E-state index contributed by atoms with van der Waals surface area (Å²) in [6, 6.07) is 0. The molecule has 0 aromatic carbocycles. The summed E-state index contributed by atoms with van der Waals surface area (Å²) < 4.78 is 31.7. The van der Waals surface area contributed by atoms with Crippen LogP contribution in [0.1, 0.15) is 0 Å². The van der Waals surface area contributed by atoms with E-state index in [0.29, 0.717) is 6.67 Å². The van der Waals surface area contributed by atoms with Crippen molar-refractivity contribution >= 4 is 16.3 Å². The molecule has 0 saturated heterocycles. The summed E-state index contributed by atoms with van der Waals surface area (Å²) in [6.07, 6.45) is 1.27. The van der Waals surface area contributed by atoms with Crippen molar-refractivity contribution in [3.05, 3.63) is 12.7 Å². The molecule has 0 rings (SSSR count). The van der Waals surface area contributed by atoms with Crippen LogP contribution < -0.4 is 5.32 Å². The number of amides is 1. The molecule has 16 heavy (non-hydrogen) atoms. The number of carbonyl (C=O) groups excluding carboxylic acids is 1. The summed E-state index contributed by atoms with van der Waals surface area (Å²) in [6.45, 7) is 3.97. The van der Waals surface area contributed by atoms with Gasteiger partial charge in [-0.2, -0.15) is 0 Å². The number of quaternary nitrogens is 1. The second kappa shape index (κ2) is 7.34. The molecule has 0 unspecified atom stereocenters. The van der Waals surface area contributed by atoms with Crippen LogP contribution in [-0.4, -0.2) is 58.3 Å². The molecule has 0 aromatic heterocycles. The topological polar surface area (TPSA) is 95.5 Å². The Morgan fingerprint density at radius 2 is 1.88 bits per heavy atom. The van der Waals surface area contributed by atoms with Crippen molar-refractivity contribution < 1.29 is 26.4 Å². The van der Waals surface area contributed by atoms with Crippen LogP contribution in [0.15, 0.2) is 12.7 Å². The van der Waals surface area contributed by atoms with Crippen molar-refractivity contribution in [2.45, 2.75) is 0 Å². The Hall–Kier alpha value is -0.960. The van der Waals surface area contributed by atoms with Crippen LogP contribution in [0.3, 0.4) is 0 Å². The third-order valence-corrected chi connectivity index (χ3v) is 1.53. The van der Waals surface area contributed by atoms with Gasteiger partial charge in [0.15, 0.2) is 6.67 Å². The average molecular weight is 254 g/mol. The molecule has 0 bridgehead atoms. The minimum absolute atomic E-state index is 0.118. The molecule has 1 amide bonds. The Labute approximate surface area is 96.2 Å². The van der Waals surface area contributed by atoms with Gasteiger partial charge in [0.2, 0.25) is 16.3 Å². The van der Waals surface area contributed by atoms with Crippen LogP contribution in [0.5, 0.6) is 0 Å². The minimum Gasteiger partial charge on any atom is -0.726 e. The fourth-order valence-corrected chi connectivity index (χ4v) is 0.387. The molecule has 7 nitrogen and oxygen atoms in total. The highest BCUT2D eigenvalue weighted by Gasteiger charge is 2.05. The monoisotopic (exact) mass is 254 g/mol. The number of rotatable bonds is 4. The lowest BCUT2D eigenvalue weighted by Gasteiger charge is -2.23. The second-order valence-corrected chi connectivity index (χ2v) is 4.92. The number of nitrogens with zero attached hydrogens (tertiary/aromatic N) is 1. The molecule has 0 aliphatic heterocycles. The van der Waals surface area contributed by atoms with Gasteiger partial charge in [0.25, 0.3) is 0 Å². The van der Waals surface area contributed by atoms with Crippen LogP contribution in [0.25, 0.3) is 0 Å². The average Bonchev–Trinajstić information content (AvgIpc) is 2.13. The summed E-state index contributed by atoms with van der Waals surface area (Å²) >= 11 is 0. The van der Waals surface area contributed by atoms with E-state index in [9.17, 15) is 17.8 Å². The normalized spacial score (nSPS) is 11.1. The molecule has 0 spiro atoms. The van der Waals surface area contributed by atoms with E-state index in [1.54, 1.807) is 0 Å². The van der Waals surface area contributed by atoms with Crippen LogP contribution >= 0.6 is 0 Å². The largest absolute Gasteiger partial charge is 0.726 e. The molecule has 1 N–H and O–H groups in total. The molecular formula is C8H18N2O5S. The first-order valence-corrected chi connectivity index (χ1v) is 5.57. The molecule has 0 heterocycles. The maximum absolute atomic E-state index is 10.6. The highest BCUT2D eigenvalue weighted by molar-refractivity contribution is 7.80. The smallest absolute Gasteiger partial charge is 0.247 e. The van der Waals surface area contributed by atoms with Gasteiger partial charge in [-0.15, -0.1) is 0 Å². The lowest BCUT2D eigenvalue weighted by Crippen LogP contribution is -2.44. The van der Waals surface area contributed by atoms with Gasteiger partial charge in [-0.1, -0.05) is 6.58 Å². The van der Waals surface area contributed by atoms with E-state index in [1.807, 2.05) is 21.1 Å². The fourth-order valence-electron chi connectivity index (χ4n) is 0.387. The minimum atomic E-state index is -4.41. The van der Waals surface area contributed by atoms with Crippen molar-refractivity contribution in [1.29, 1.82) is 0 Å². The SMILES string of the molecule is C=CC(=O)NC[N+](C)(C)C.COS(=O)(=O)[O-]. The maximum atomic E-state index is 10.6. The third-order valence-electron chi connectivity index (χ3n) is 1.12. The molecule has 96 valence electrons. The quantitative estimate of drug-likeness (QED) is 0.229. The van der Waals surface area contributed by atoms with Crippen molar-refractivity contribution in [3.8, 4) is 0 Å². The molecule has 0 fully saturated rings. The Balaban J connectivity index is 0. The van der Waals surface area contributed by atoms with E-state index >= 15 is 0 Å². The second-order valence-electron chi connectivity index (χ2n) is 3.77. The van der Waals surface area contributed by atoms with Gasteiger partial charge >= 0.3 is 0 Å². The van der Waals surface area contributed by atoms with Crippen LogP contribution in [0.4, 0.5) is 0 Å². The summed E-state index contributed by atoms with van der Waals surface area (Å²) in [7, 11) is 2.41. The van der Waals surface area contributed by atoms with Gasteiger partial charge in [0.1, 0.15) is 0 Å². The summed E-state index contributed by atoms with van der Waals surface area (Å²) in [4.78, 5) is 10.6. The highest BCUT2D eigenvalue weighted by atomic mass is 32.3. The van der Waals surface area contributed by atoms with Crippen LogP contribution in [-0.2, 0) is 19.4 Å². The summed E-state index contributed by atoms with van der Waals surface area (Å²) in [5.74, 6) is -0.118. The molecule has 0 aliphatic carbocycles. The van der Waals surface area contributed by atoms with E-state index < -0.39 is 10.4 Å². The number of nitrogens with one attached hydrogen (secondary N) is 1. The zero-order valence-corrected chi connectivity index (χ0v) is 10.7. The molecule has 0 aromatic rings. The fraction of sp³-hybridized carbons (Fsp3) is 0.625.